The smallest absolute Gasteiger partial charge is 0.238 e. The Balaban J connectivity index is 1.50. The first-order chi connectivity index (χ1) is 14.4. The van der Waals surface area contributed by atoms with Crippen LogP contribution in [0.3, 0.4) is 0 Å². The number of carbonyl (C=O) groups excluding carboxylic acids is 2. The van der Waals surface area contributed by atoms with E-state index in [0.717, 1.165) is 48.1 Å². The van der Waals surface area contributed by atoms with Crippen LogP contribution in [0.2, 0.25) is 0 Å². The molecule has 0 unspecified atom stereocenters. The molecule has 1 aliphatic carbocycles. The van der Waals surface area contributed by atoms with Gasteiger partial charge in [-0.25, -0.2) is 0 Å². The largest absolute Gasteiger partial charge is 0.324 e. The van der Waals surface area contributed by atoms with E-state index in [1.54, 1.807) is 0 Å². The molecule has 0 spiro atoms. The van der Waals surface area contributed by atoms with Crippen molar-refractivity contribution in [2.24, 2.45) is 0 Å². The molecule has 1 aromatic carbocycles. The molecular weight excluding hydrogens is 396 g/mol. The van der Waals surface area contributed by atoms with E-state index in [1.165, 1.54) is 16.2 Å². The van der Waals surface area contributed by atoms with E-state index < -0.39 is 0 Å². The third-order valence-corrected chi connectivity index (χ3v) is 6.62. The van der Waals surface area contributed by atoms with Gasteiger partial charge in [-0.1, -0.05) is 18.2 Å². The number of fused-ring (bicyclic) bond motifs is 1. The number of hydrogen-bond donors (Lipinski definition) is 2. The quantitative estimate of drug-likeness (QED) is 0.703. The Morgan fingerprint density at radius 1 is 1.13 bits per heavy atom. The molecule has 1 aliphatic rings. The summed E-state index contributed by atoms with van der Waals surface area (Å²) in [6.45, 7) is 4.60. The van der Waals surface area contributed by atoms with Gasteiger partial charge < -0.3 is 10.6 Å². The van der Waals surface area contributed by atoms with Crippen molar-refractivity contribution in [2.75, 3.05) is 30.8 Å². The zero-order valence-electron chi connectivity index (χ0n) is 17.8. The Morgan fingerprint density at radius 3 is 2.53 bits per heavy atom. The number of nitrogens with zero attached hydrogens (tertiary/aromatic N) is 2. The van der Waals surface area contributed by atoms with Crippen LogP contribution in [0.4, 0.5) is 10.7 Å². The summed E-state index contributed by atoms with van der Waals surface area (Å²) in [7, 11) is 1.82. The number of rotatable bonds is 7. The first-order valence-corrected chi connectivity index (χ1v) is 11.1. The normalized spacial score (nSPS) is 12.9. The molecule has 6 nitrogen and oxygen atoms in total. The second-order valence-electron chi connectivity index (χ2n) is 7.88. The maximum absolute atomic E-state index is 12.4. The van der Waals surface area contributed by atoms with Gasteiger partial charge in [-0.3, -0.25) is 14.5 Å². The summed E-state index contributed by atoms with van der Waals surface area (Å²) in [5, 5.41) is 16.1. The molecule has 0 radical (unpaired) electrons. The lowest BCUT2D eigenvalue weighted by atomic mass is 9.96. The molecule has 0 aliphatic heterocycles. The topological polar surface area (TPSA) is 85.2 Å². The highest BCUT2D eigenvalue weighted by atomic mass is 32.1. The number of amides is 2. The summed E-state index contributed by atoms with van der Waals surface area (Å²) in [5.41, 5.74) is 4.64. The molecule has 1 heterocycles. The van der Waals surface area contributed by atoms with Crippen molar-refractivity contribution in [3.63, 3.8) is 0 Å². The van der Waals surface area contributed by atoms with Gasteiger partial charge in [0.2, 0.25) is 11.8 Å². The molecule has 2 aromatic rings. The average molecular weight is 425 g/mol. The number of aryl methyl sites for hydroxylation is 3. The van der Waals surface area contributed by atoms with Gasteiger partial charge in [0.25, 0.3) is 0 Å². The predicted molar refractivity (Wildman–Crippen MR) is 121 cm³/mol. The molecular formula is C23H28N4O2S. The zero-order chi connectivity index (χ0) is 21.7. The van der Waals surface area contributed by atoms with E-state index in [-0.39, 0.29) is 24.8 Å². The zero-order valence-corrected chi connectivity index (χ0v) is 18.6. The number of anilines is 2. The number of para-hydroxylation sites is 1. The second kappa shape index (κ2) is 9.88. The molecule has 0 atom stereocenters. The van der Waals surface area contributed by atoms with Crippen molar-refractivity contribution in [3.05, 3.63) is 45.3 Å². The van der Waals surface area contributed by atoms with Crippen LogP contribution in [0.1, 0.15) is 46.4 Å². The SMILES string of the molecule is Cc1cccc(C)c1NC(=O)CN(C)CCC(=O)Nc1sc2c(c1C#N)CCCC2. The molecule has 158 valence electrons. The van der Waals surface area contributed by atoms with Crippen LogP contribution in [-0.2, 0) is 22.4 Å². The maximum Gasteiger partial charge on any atom is 0.238 e. The van der Waals surface area contributed by atoms with Crippen molar-refractivity contribution in [3.8, 4) is 6.07 Å². The van der Waals surface area contributed by atoms with Gasteiger partial charge in [-0.15, -0.1) is 11.3 Å². The van der Waals surface area contributed by atoms with Crippen molar-refractivity contribution in [1.29, 1.82) is 5.26 Å². The summed E-state index contributed by atoms with van der Waals surface area (Å²) < 4.78 is 0. The van der Waals surface area contributed by atoms with Gasteiger partial charge in [0, 0.05) is 23.5 Å². The summed E-state index contributed by atoms with van der Waals surface area (Å²) >= 11 is 1.53. The van der Waals surface area contributed by atoms with Gasteiger partial charge in [0.1, 0.15) is 11.1 Å². The molecule has 2 N–H and O–H groups in total. The van der Waals surface area contributed by atoms with E-state index in [9.17, 15) is 14.9 Å². The molecule has 3 rings (SSSR count). The molecule has 7 heteroatoms. The Labute approximate surface area is 181 Å². The second-order valence-corrected chi connectivity index (χ2v) is 8.98. The lowest BCUT2D eigenvalue weighted by Crippen LogP contribution is -2.32. The lowest BCUT2D eigenvalue weighted by Gasteiger charge is -2.17. The minimum Gasteiger partial charge on any atom is -0.324 e. The maximum atomic E-state index is 12.4. The number of thiophene rings is 1. The number of nitriles is 1. The Morgan fingerprint density at radius 2 is 1.83 bits per heavy atom. The summed E-state index contributed by atoms with van der Waals surface area (Å²) in [4.78, 5) is 27.9. The summed E-state index contributed by atoms with van der Waals surface area (Å²) in [6, 6.07) is 8.16. The minimum absolute atomic E-state index is 0.104. The van der Waals surface area contributed by atoms with Crippen LogP contribution in [0.5, 0.6) is 0 Å². The minimum atomic E-state index is -0.132. The molecule has 1 aromatic heterocycles. The fourth-order valence-corrected chi connectivity index (χ4v) is 5.02. The summed E-state index contributed by atoms with van der Waals surface area (Å²) in [5.74, 6) is -0.236. The molecule has 0 bridgehead atoms. The Bertz CT molecular complexity index is 970. The Kier molecular flexibility index (Phi) is 7.24. The standard InChI is InChI=1S/C23H28N4O2S/c1-15-7-6-8-16(2)22(15)25-21(29)14-27(3)12-11-20(28)26-23-18(13-24)17-9-4-5-10-19(17)30-23/h6-8H,4-5,9-12,14H2,1-3H3,(H,25,29)(H,26,28). The number of likely N-dealkylation sites (N-methyl/N-ethyl adjacent to an activating group) is 1. The summed E-state index contributed by atoms with van der Waals surface area (Å²) in [6.07, 6.45) is 4.41. The monoisotopic (exact) mass is 424 g/mol. The van der Waals surface area contributed by atoms with Crippen molar-refractivity contribution in [2.45, 2.75) is 46.0 Å². The van der Waals surface area contributed by atoms with Crippen LogP contribution in [0.15, 0.2) is 18.2 Å². The van der Waals surface area contributed by atoms with Crippen LogP contribution >= 0.6 is 11.3 Å². The fraction of sp³-hybridized carbons (Fsp3) is 0.435. The molecule has 0 fully saturated rings. The predicted octanol–water partition coefficient (Wildman–Crippen LogP) is 4.01. The van der Waals surface area contributed by atoms with Crippen LogP contribution < -0.4 is 10.6 Å². The average Bonchev–Trinajstić information content (AvgIpc) is 3.06. The molecule has 0 saturated heterocycles. The van der Waals surface area contributed by atoms with Crippen LogP contribution in [0.25, 0.3) is 0 Å². The van der Waals surface area contributed by atoms with Gasteiger partial charge in [0.05, 0.1) is 12.1 Å². The lowest BCUT2D eigenvalue weighted by molar-refractivity contribution is -0.119. The number of hydrogen-bond acceptors (Lipinski definition) is 5. The number of benzene rings is 1. The van der Waals surface area contributed by atoms with E-state index >= 15 is 0 Å². The first-order valence-electron chi connectivity index (χ1n) is 10.3. The van der Waals surface area contributed by atoms with Crippen LogP contribution in [-0.4, -0.2) is 36.9 Å². The highest BCUT2D eigenvalue weighted by Crippen LogP contribution is 2.37. The highest BCUT2D eigenvalue weighted by molar-refractivity contribution is 7.16. The van der Waals surface area contributed by atoms with Crippen molar-refractivity contribution >= 4 is 33.8 Å². The van der Waals surface area contributed by atoms with E-state index in [1.807, 2.05) is 44.0 Å². The van der Waals surface area contributed by atoms with Crippen LogP contribution in [0, 0.1) is 25.2 Å². The van der Waals surface area contributed by atoms with Crippen molar-refractivity contribution in [1.82, 2.24) is 4.90 Å². The number of carbonyl (C=O) groups is 2. The van der Waals surface area contributed by atoms with E-state index in [2.05, 4.69) is 16.7 Å². The third kappa shape index (κ3) is 5.26. The molecule has 2 amide bonds. The van der Waals surface area contributed by atoms with E-state index in [4.69, 9.17) is 0 Å². The Hall–Kier alpha value is -2.69. The van der Waals surface area contributed by atoms with Gasteiger partial charge in [-0.05, 0) is 63.3 Å². The first kappa shape index (κ1) is 22.0. The third-order valence-electron chi connectivity index (χ3n) is 5.42. The fourth-order valence-electron chi connectivity index (χ4n) is 3.77. The number of nitrogens with one attached hydrogen (secondary N) is 2. The van der Waals surface area contributed by atoms with Gasteiger partial charge in [-0.2, -0.15) is 5.26 Å². The highest BCUT2D eigenvalue weighted by Gasteiger charge is 2.22. The van der Waals surface area contributed by atoms with Crippen molar-refractivity contribution < 1.29 is 9.59 Å². The van der Waals surface area contributed by atoms with Gasteiger partial charge in [0.15, 0.2) is 0 Å². The van der Waals surface area contributed by atoms with E-state index in [0.29, 0.717) is 17.1 Å². The van der Waals surface area contributed by atoms with Gasteiger partial charge >= 0.3 is 0 Å². The molecule has 0 saturated carbocycles. The molecule has 30 heavy (non-hydrogen) atoms.